The van der Waals surface area contributed by atoms with Crippen LogP contribution in [-0.2, 0) is 13.0 Å². The lowest BCUT2D eigenvalue weighted by molar-refractivity contribution is 0.353. The van der Waals surface area contributed by atoms with Crippen LogP contribution in [0.1, 0.15) is 25.0 Å². The third-order valence-electron chi connectivity index (χ3n) is 4.01. The smallest absolute Gasteiger partial charge is 0.244 e. The van der Waals surface area contributed by atoms with Crippen LogP contribution in [0.25, 0.3) is 0 Å². The molecule has 0 unspecified atom stereocenters. The van der Waals surface area contributed by atoms with E-state index in [1.165, 1.54) is 11.1 Å². The Bertz CT molecular complexity index is 720. The molecule has 1 aromatic carbocycles. The molecule has 0 bridgehead atoms. The lowest BCUT2D eigenvalue weighted by Crippen LogP contribution is -2.31. The summed E-state index contributed by atoms with van der Waals surface area (Å²) in [5.41, 5.74) is 2.50. The van der Waals surface area contributed by atoms with Crippen LogP contribution in [0.15, 0.2) is 18.3 Å². The second-order valence-corrected chi connectivity index (χ2v) is 6.08. The monoisotopic (exact) mass is 329 g/mol. The molecule has 1 aliphatic rings. The molecule has 0 amide bonds. The van der Waals surface area contributed by atoms with E-state index in [1.807, 2.05) is 19.9 Å². The Labute approximate surface area is 142 Å². The Balaban J connectivity index is 1.84. The van der Waals surface area contributed by atoms with Crippen LogP contribution in [-0.4, -0.2) is 42.0 Å². The Morgan fingerprint density at radius 3 is 2.50 bits per heavy atom. The van der Waals surface area contributed by atoms with E-state index in [9.17, 15) is 0 Å². The first-order valence-corrected chi connectivity index (χ1v) is 8.05. The summed E-state index contributed by atoms with van der Waals surface area (Å²) in [6.45, 7) is 5.73. The third kappa shape index (κ3) is 3.34. The summed E-state index contributed by atoms with van der Waals surface area (Å²) in [7, 11) is 3.32. The van der Waals surface area contributed by atoms with Gasteiger partial charge in [0.15, 0.2) is 17.3 Å². The molecule has 2 aromatic rings. The van der Waals surface area contributed by atoms with Crippen LogP contribution in [0.4, 0.5) is 11.8 Å². The predicted molar refractivity (Wildman–Crippen MR) is 92.9 cm³/mol. The van der Waals surface area contributed by atoms with Crippen molar-refractivity contribution in [2.24, 2.45) is 0 Å². The average molecular weight is 329 g/mol. The maximum atomic E-state index is 5.41. The summed E-state index contributed by atoms with van der Waals surface area (Å²) in [5, 5.41) is 11.3. The molecular weight excluding hydrogens is 306 g/mol. The van der Waals surface area contributed by atoms with Crippen molar-refractivity contribution in [1.82, 2.24) is 15.2 Å². The number of aromatic nitrogens is 3. The van der Waals surface area contributed by atoms with Gasteiger partial charge in [-0.05, 0) is 43.5 Å². The van der Waals surface area contributed by atoms with E-state index in [0.29, 0.717) is 5.95 Å². The van der Waals surface area contributed by atoms with Gasteiger partial charge < -0.3 is 19.7 Å². The maximum absolute atomic E-state index is 5.41. The molecule has 7 nitrogen and oxygen atoms in total. The SMILES string of the molecule is COc1cc2c(cc1OC)CN(c1cnnc(NC(C)C)n1)CC2. The molecule has 2 heterocycles. The van der Waals surface area contributed by atoms with E-state index in [1.54, 1.807) is 20.4 Å². The third-order valence-corrected chi connectivity index (χ3v) is 4.01. The van der Waals surface area contributed by atoms with Gasteiger partial charge in [-0.1, -0.05) is 0 Å². The number of hydrogen-bond acceptors (Lipinski definition) is 7. The van der Waals surface area contributed by atoms with Gasteiger partial charge >= 0.3 is 0 Å². The van der Waals surface area contributed by atoms with Crippen molar-refractivity contribution < 1.29 is 9.47 Å². The zero-order valence-electron chi connectivity index (χ0n) is 14.5. The van der Waals surface area contributed by atoms with Crippen LogP contribution < -0.4 is 19.7 Å². The Morgan fingerprint density at radius 1 is 1.12 bits per heavy atom. The molecule has 24 heavy (non-hydrogen) atoms. The molecule has 1 aromatic heterocycles. The fraction of sp³-hybridized carbons (Fsp3) is 0.471. The molecule has 0 aliphatic carbocycles. The highest BCUT2D eigenvalue weighted by atomic mass is 16.5. The minimum absolute atomic E-state index is 0.265. The van der Waals surface area contributed by atoms with Crippen molar-refractivity contribution in [1.29, 1.82) is 0 Å². The molecule has 0 radical (unpaired) electrons. The van der Waals surface area contributed by atoms with Crippen LogP contribution in [0, 0.1) is 0 Å². The molecule has 3 rings (SSSR count). The van der Waals surface area contributed by atoms with Gasteiger partial charge in [-0.2, -0.15) is 10.1 Å². The number of fused-ring (bicyclic) bond motifs is 1. The zero-order chi connectivity index (χ0) is 17.1. The largest absolute Gasteiger partial charge is 0.493 e. The van der Waals surface area contributed by atoms with E-state index in [0.717, 1.165) is 36.8 Å². The first kappa shape index (κ1) is 16.3. The van der Waals surface area contributed by atoms with Crippen LogP contribution in [0.3, 0.4) is 0 Å². The molecule has 0 spiro atoms. The standard InChI is InChI=1S/C17H23N5O2/c1-11(2)19-17-20-16(9-18-21-17)22-6-5-12-7-14(23-3)15(24-4)8-13(12)10-22/h7-9,11H,5-6,10H2,1-4H3,(H,19,20,21). The summed E-state index contributed by atoms with van der Waals surface area (Å²) >= 11 is 0. The lowest BCUT2D eigenvalue weighted by Gasteiger charge is -2.30. The van der Waals surface area contributed by atoms with Gasteiger partial charge in [0.25, 0.3) is 0 Å². The minimum Gasteiger partial charge on any atom is -0.493 e. The van der Waals surface area contributed by atoms with E-state index >= 15 is 0 Å². The summed E-state index contributed by atoms with van der Waals surface area (Å²) in [6, 6.07) is 4.37. The fourth-order valence-corrected chi connectivity index (χ4v) is 2.85. The average Bonchev–Trinajstić information content (AvgIpc) is 2.59. The topological polar surface area (TPSA) is 72.4 Å². The number of methoxy groups -OCH3 is 2. The second kappa shape index (κ2) is 6.90. The molecule has 0 atom stereocenters. The summed E-state index contributed by atoms with van der Waals surface area (Å²) in [6.07, 6.45) is 2.63. The van der Waals surface area contributed by atoms with Gasteiger partial charge in [-0.3, -0.25) is 0 Å². The second-order valence-electron chi connectivity index (χ2n) is 6.08. The van der Waals surface area contributed by atoms with Gasteiger partial charge in [0.1, 0.15) is 0 Å². The van der Waals surface area contributed by atoms with E-state index in [2.05, 4.69) is 31.5 Å². The number of benzene rings is 1. The molecular formula is C17H23N5O2. The van der Waals surface area contributed by atoms with Gasteiger partial charge in [0, 0.05) is 19.1 Å². The van der Waals surface area contributed by atoms with Crippen LogP contribution in [0.2, 0.25) is 0 Å². The van der Waals surface area contributed by atoms with E-state index in [-0.39, 0.29) is 6.04 Å². The highest BCUT2D eigenvalue weighted by Crippen LogP contribution is 2.34. The van der Waals surface area contributed by atoms with Crippen molar-refractivity contribution in [3.8, 4) is 11.5 Å². The predicted octanol–water partition coefficient (Wildman–Crippen LogP) is 2.27. The number of nitrogens with zero attached hydrogens (tertiary/aromatic N) is 4. The first-order chi connectivity index (χ1) is 11.6. The quantitative estimate of drug-likeness (QED) is 0.902. The summed E-state index contributed by atoms with van der Waals surface area (Å²) in [4.78, 5) is 6.77. The highest BCUT2D eigenvalue weighted by molar-refractivity contribution is 5.52. The zero-order valence-corrected chi connectivity index (χ0v) is 14.5. The normalized spacial score (nSPS) is 13.6. The van der Waals surface area contributed by atoms with Gasteiger partial charge in [-0.25, -0.2) is 0 Å². The Kier molecular flexibility index (Phi) is 4.69. The molecule has 7 heteroatoms. The fourth-order valence-electron chi connectivity index (χ4n) is 2.85. The number of rotatable bonds is 5. The molecule has 1 aliphatic heterocycles. The number of hydrogen-bond donors (Lipinski definition) is 1. The van der Waals surface area contributed by atoms with Crippen molar-refractivity contribution in [3.05, 3.63) is 29.5 Å². The number of anilines is 2. The van der Waals surface area contributed by atoms with Crippen LogP contribution >= 0.6 is 0 Å². The highest BCUT2D eigenvalue weighted by Gasteiger charge is 2.21. The molecule has 1 N–H and O–H groups in total. The van der Waals surface area contributed by atoms with Crippen molar-refractivity contribution in [3.63, 3.8) is 0 Å². The number of nitrogens with one attached hydrogen (secondary N) is 1. The van der Waals surface area contributed by atoms with Crippen molar-refractivity contribution >= 4 is 11.8 Å². The molecule has 0 saturated carbocycles. The Hall–Kier alpha value is -2.57. The summed E-state index contributed by atoms with van der Waals surface area (Å²) in [5.74, 6) is 2.91. The van der Waals surface area contributed by atoms with Crippen molar-refractivity contribution in [2.45, 2.75) is 32.9 Å². The first-order valence-electron chi connectivity index (χ1n) is 8.05. The van der Waals surface area contributed by atoms with Gasteiger partial charge in [0.2, 0.25) is 5.95 Å². The molecule has 0 fully saturated rings. The molecule has 128 valence electrons. The Morgan fingerprint density at radius 2 is 1.83 bits per heavy atom. The van der Waals surface area contributed by atoms with Crippen LogP contribution in [0.5, 0.6) is 11.5 Å². The van der Waals surface area contributed by atoms with Crippen molar-refractivity contribution in [2.75, 3.05) is 31.0 Å². The lowest BCUT2D eigenvalue weighted by atomic mass is 9.99. The number of ether oxygens (including phenoxy) is 2. The summed E-state index contributed by atoms with van der Waals surface area (Å²) < 4.78 is 10.8. The molecule has 0 saturated heterocycles. The van der Waals surface area contributed by atoms with E-state index < -0.39 is 0 Å². The minimum atomic E-state index is 0.265. The van der Waals surface area contributed by atoms with Gasteiger partial charge in [-0.15, -0.1) is 5.10 Å². The van der Waals surface area contributed by atoms with E-state index in [4.69, 9.17) is 9.47 Å². The van der Waals surface area contributed by atoms with Gasteiger partial charge in [0.05, 0.1) is 20.4 Å². The maximum Gasteiger partial charge on any atom is 0.244 e.